The highest BCUT2D eigenvalue weighted by molar-refractivity contribution is 5.76. The van der Waals surface area contributed by atoms with Gasteiger partial charge in [0.05, 0.1) is 12.5 Å². The van der Waals surface area contributed by atoms with Gasteiger partial charge in [-0.25, -0.2) is 0 Å². The van der Waals surface area contributed by atoms with E-state index in [-0.39, 0.29) is 0 Å². The summed E-state index contributed by atoms with van der Waals surface area (Å²) >= 11 is 0. The Kier molecular flexibility index (Phi) is 9.33. The van der Waals surface area contributed by atoms with Crippen molar-refractivity contribution in [3.8, 4) is 11.5 Å². The predicted octanol–water partition coefficient (Wildman–Crippen LogP) is 5.08. The quantitative estimate of drug-likeness (QED) is 0.276. The third kappa shape index (κ3) is 7.48. The fourth-order valence-electron chi connectivity index (χ4n) is 1.48. The van der Waals surface area contributed by atoms with Crippen LogP contribution in [0.1, 0.15) is 10.4 Å². The monoisotopic (exact) mass is 318 g/mol. The molecule has 1 aromatic rings. The molecule has 1 aromatic carbocycles. The molecule has 0 heterocycles. The summed E-state index contributed by atoms with van der Waals surface area (Å²) in [4.78, 5) is 10.9. The highest BCUT2D eigenvalue weighted by Crippen LogP contribution is 2.28. The van der Waals surface area contributed by atoms with Gasteiger partial charge in [-0.15, -0.1) is 11.5 Å². The maximum absolute atomic E-state index is 10.9. The normalized spacial score (nSPS) is 10.8. The van der Waals surface area contributed by atoms with Crippen molar-refractivity contribution in [2.45, 2.75) is 0 Å². The standard InChI is InChI=1S/C21H18O3/c1-3-5-7-9-11-15-23-20-14-13-19(18-22)17-21(20)24-16-12-10-8-6-4-2/h5-18H,1-2H2/b9-7+,10-8-,15-11-,16-12-. The third-order valence-electron chi connectivity index (χ3n) is 2.52. The summed E-state index contributed by atoms with van der Waals surface area (Å²) < 4.78 is 11.0. The summed E-state index contributed by atoms with van der Waals surface area (Å²) in [7, 11) is 0. The molecule has 0 aliphatic heterocycles. The summed E-state index contributed by atoms with van der Waals surface area (Å²) in [5.41, 5.74) is 5.75. The zero-order chi connectivity index (χ0) is 17.5. The lowest BCUT2D eigenvalue weighted by Gasteiger charge is -2.07. The van der Waals surface area contributed by atoms with E-state index in [0.717, 1.165) is 6.29 Å². The Morgan fingerprint density at radius 1 is 0.792 bits per heavy atom. The SMILES string of the molecule is C=C=C/C=C\C=C/Oc1cc(C=O)ccc1O/C=C\C=C\C=C=C. The molecule has 0 fully saturated rings. The van der Waals surface area contributed by atoms with Crippen molar-refractivity contribution in [1.82, 2.24) is 0 Å². The second-order valence-corrected chi connectivity index (χ2v) is 4.23. The van der Waals surface area contributed by atoms with Crippen molar-refractivity contribution >= 4 is 6.29 Å². The van der Waals surface area contributed by atoms with E-state index < -0.39 is 0 Å². The Morgan fingerprint density at radius 3 is 1.92 bits per heavy atom. The van der Waals surface area contributed by atoms with Crippen molar-refractivity contribution < 1.29 is 14.3 Å². The smallest absolute Gasteiger partial charge is 0.169 e. The van der Waals surface area contributed by atoms with Gasteiger partial charge < -0.3 is 9.47 Å². The molecule has 0 aliphatic rings. The molecule has 0 spiro atoms. The van der Waals surface area contributed by atoms with E-state index in [1.165, 1.54) is 12.5 Å². The van der Waals surface area contributed by atoms with Crippen LogP contribution in [-0.4, -0.2) is 6.29 Å². The number of hydrogen-bond donors (Lipinski definition) is 0. The van der Waals surface area contributed by atoms with Crippen LogP contribution in [0.15, 0.2) is 104 Å². The Hall–Kier alpha value is -3.51. The Labute approximate surface area is 142 Å². The molecule has 1 rings (SSSR count). The van der Waals surface area contributed by atoms with E-state index in [1.54, 1.807) is 66.8 Å². The van der Waals surface area contributed by atoms with Gasteiger partial charge in [0.1, 0.15) is 6.29 Å². The average molecular weight is 318 g/mol. The molecule has 0 radical (unpaired) electrons. The molecule has 0 aromatic heterocycles. The zero-order valence-electron chi connectivity index (χ0n) is 13.2. The Balaban J connectivity index is 2.81. The molecular formula is C21H18O3. The van der Waals surface area contributed by atoms with Crippen LogP contribution in [0.2, 0.25) is 0 Å². The van der Waals surface area contributed by atoms with Crippen LogP contribution in [0.25, 0.3) is 0 Å². The number of ether oxygens (including phenoxy) is 2. The number of carbonyl (C=O) groups is 1. The van der Waals surface area contributed by atoms with Crippen molar-refractivity contribution in [2.24, 2.45) is 0 Å². The predicted molar refractivity (Wildman–Crippen MR) is 97.1 cm³/mol. The summed E-state index contributed by atoms with van der Waals surface area (Å²) in [5, 5.41) is 0. The highest BCUT2D eigenvalue weighted by atomic mass is 16.5. The van der Waals surface area contributed by atoms with E-state index >= 15 is 0 Å². The van der Waals surface area contributed by atoms with Gasteiger partial charge >= 0.3 is 0 Å². The zero-order valence-corrected chi connectivity index (χ0v) is 13.2. The van der Waals surface area contributed by atoms with E-state index in [1.807, 2.05) is 0 Å². The van der Waals surface area contributed by atoms with E-state index in [4.69, 9.17) is 9.47 Å². The molecular weight excluding hydrogens is 300 g/mol. The molecule has 0 atom stereocenters. The number of allylic oxidation sites excluding steroid dienone is 8. The number of hydrogen-bond acceptors (Lipinski definition) is 3. The number of rotatable bonds is 9. The van der Waals surface area contributed by atoms with Crippen molar-refractivity contribution in [3.05, 3.63) is 110 Å². The largest absolute Gasteiger partial charge is 0.461 e. The molecule has 3 nitrogen and oxygen atoms in total. The van der Waals surface area contributed by atoms with Gasteiger partial charge in [0.2, 0.25) is 0 Å². The lowest BCUT2D eigenvalue weighted by Crippen LogP contribution is -1.91. The molecule has 0 bridgehead atoms. The Bertz CT molecular complexity index is 751. The summed E-state index contributed by atoms with van der Waals surface area (Å²) in [5.74, 6) is 0.923. The van der Waals surface area contributed by atoms with Gasteiger partial charge in [-0.3, -0.25) is 4.79 Å². The van der Waals surface area contributed by atoms with Gasteiger partial charge in [-0.2, -0.15) is 0 Å². The first-order valence-corrected chi connectivity index (χ1v) is 7.09. The number of aldehydes is 1. The second kappa shape index (κ2) is 12.1. The fraction of sp³-hybridized carbons (Fsp3) is 0. The molecule has 0 aliphatic carbocycles. The fourth-order valence-corrected chi connectivity index (χ4v) is 1.48. The molecule has 0 saturated heterocycles. The molecule has 3 heteroatoms. The van der Waals surface area contributed by atoms with Crippen molar-refractivity contribution in [3.63, 3.8) is 0 Å². The van der Waals surface area contributed by atoms with Crippen LogP contribution in [0, 0.1) is 0 Å². The topological polar surface area (TPSA) is 35.5 Å². The average Bonchev–Trinajstić information content (AvgIpc) is 2.61. The third-order valence-corrected chi connectivity index (χ3v) is 2.52. The summed E-state index contributed by atoms with van der Waals surface area (Å²) in [6.07, 6.45) is 17.6. The van der Waals surface area contributed by atoms with E-state index in [0.29, 0.717) is 17.1 Å². The molecule has 0 amide bonds. The minimum Gasteiger partial charge on any atom is -0.461 e. The van der Waals surface area contributed by atoms with Crippen molar-refractivity contribution in [2.75, 3.05) is 0 Å². The van der Waals surface area contributed by atoms with Crippen LogP contribution in [-0.2, 0) is 0 Å². The van der Waals surface area contributed by atoms with Gasteiger partial charge in [0.25, 0.3) is 0 Å². The maximum Gasteiger partial charge on any atom is 0.169 e. The molecule has 0 N–H and O–H groups in total. The minimum absolute atomic E-state index is 0.433. The number of benzene rings is 1. The lowest BCUT2D eigenvalue weighted by molar-refractivity contribution is 0.112. The van der Waals surface area contributed by atoms with Crippen LogP contribution < -0.4 is 9.47 Å². The Morgan fingerprint density at radius 2 is 1.38 bits per heavy atom. The van der Waals surface area contributed by atoms with Gasteiger partial charge in [-0.1, -0.05) is 37.5 Å². The van der Waals surface area contributed by atoms with Gasteiger partial charge in [0, 0.05) is 5.56 Å². The molecule has 24 heavy (non-hydrogen) atoms. The summed E-state index contributed by atoms with van der Waals surface area (Å²) in [6.45, 7) is 6.91. The molecule has 0 unspecified atom stereocenters. The first-order valence-electron chi connectivity index (χ1n) is 7.09. The first-order chi connectivity index (χ1) is 11.8. The van der Waals surface area contributed by atoms with Gasteiger partial charge in [-0.05, 0) is 42.5 Å². The second-order valence-electron chi connectivity index (χ2n) is 4.23. The van der Waals surface area contributed by atoms with Crippen LogP contribution in [0.3, 0.4) is 0 Å². The van der Waals surface area contributed by atoms with E-state index in [9.17, 15) is 4.79 Å². The highest BCUT2D eigenvalue weighted by Gasteiger charge is 2.04. The lowest BCUT2D eigenvalue weighted by atomic mass is 10.2. The van der Waals surface area contributed by atoms with Crippen LogP contribution in [0.5, 0.6) is 11.5 Å². The van der Waals surface area contributed by atoms with Gasteiger partial charge in [0.15, 0.2) is 11.5 Å². The van der Waals surface area contributed by atoms with Crippen LogP contribution in [0.4, 0.5) is 0 Å². The first kappa shape index (κ1) is 18.5. The van der Waals surface area contributed by atoms with Crippen LogP contribution >= 0.6 is 0 Å². The molecule has 120 valence electrons. The summed E-state index contributed by atoms with van der Waals surface area (Å²) in [6, 6.07) is 4.92. The van der Waals surface area contributed by atoms with E-state index in [2.05, 4.69) is 24.6 Å². The maximum atomic E-state index is 10.9. The molecule has 0 saturated carbocycles. The van der Waals surface area contributed by atoms with Crippen molar-refractivity contribution in [1.29, 1.82) is 0 Å². The minimum atomic E-state index is 0.433. The number of carbonyl (C=O) groups excluding carboxylic acids is 1.